The summed E-state index contributed by atoms with van der Waals surface area (Å²) < 4.78 is 14.8. The van der Waals surface area contributed by atoms with Crippen molar-refractivity contribution >= 4 is 22.8 Å². The van der Waals surface area contributed by atoms with Gasteiger partial charge in [0.1, 0.15) is 24.1 Å². The Morgan fingerprint density at radius 2 is 1.96 bits per heavy atom. The van der Waals surface area contributed by atoms with Gasteiger partial charge in [-0.15, -0.1) is 0 Å². The molecule has 0 aliphatic rings. The molecule has 6 nitrogen and oxygen atoms in total. The molecule has 8 heteroatoms. The SMILES string of the molecule is OC(CSc1nc2ccccc2[nH]1)(Cn1cncn1)c1ccc(F)cc1. The van der Waals surface area contributed by atoms with Crippen molar-refractivity contribution in [2.45, 2.75) is 17.3 Å². The molecule has 0 amide bonds. The lowest BCUT2D eigenvalue weighted by atomic mass is 9.96. The van der Waals surface area contributed by atoms with Gasteiger partial charge in [-0.2, -0.15) is 5.10 Å². The molecule has 0 spiro atoms. The van der Waals surface area contributed by atoms with Crippen molar-refractivity contribution in [2.24, 2.45) is 0 Å². The van der Waals surface area contributed by atoms with Gasteiger partial charge in [0.05, 0.1) is 17.6 Å². The highest BCUT2D eigenvalue weighted by atomic mass is 32.2. The van der Waals surface area contributed by atoms with E-state index in [4.69, 9.17) is 0 Å². The van der Waals surface area contributed by atoms with E-state index in [1.165, 1.54) is 30.2 Å². The maximum atomic E-state index is 13.3. The number of thioether (sulfide) groups is 1. The number of fused-ring (bicyclic) bond motifs is 1. The van der Waals surface area contributed by atoms with Gasteiger partial charge in [0.15, 0.2) is 5.16 Å². The molecule has 0 radical (unpaired) electrons. The number of nitrogens with zero attached hydrogens (tertiary/aromatic N) is 4. The van der Waals surface area contributed by atoms with Crippen LogP contribution in [0.4, 0.5) is 4.39 Å². The van der Waals surface area contributed by atoms with Crippen molar-refractivity contribution in [1.82, 2.24) is 24.7 Å². The second kappa shape index (κ2) is 6.89. The minimum atomic E-state index is -1.26. The van der Waals surface area contributed by atoms with Crippen LogP contribution in [0.15, 0.2) is 66.3 Å². The highest BCUT2D eigenvalue weighted by Crippen LogP contribution is 2.31. The number of H-pyrrole nitrogens is 1. The molecule has 26 heavy (non-hydrogen) atoms. The van der Waals surface area contributed by atoms with Gasteiger partial charge in [-0.3, -0.25) is 0 Å². The second-order valence-corrected chi connectivity index (χ2v) is 6.94. The summed E-state index contributed by atoms with van der Waals surface area (Å²) in [5.41, 5.74) is 1.16. The third kappa shape index (κ3) is 3.47. The fraction of sp³-hybridized carbons (Fsp3) is 0.167. The van der Waals surface area contributed by atoms with Crippen LogP contribution in [0.2, 0.25) is 0 Å². The monoisotopic (exact) mass is 369 g/mol. The topological polar surface area (TPSA) is 79.6 Å². The molecular weight excluding hydrogens is 353 g/mol. The minimum absolute atomic E-state index is 0.200. The molecule has 0 fully saturated rings. The van der Waals surface area contributed by atoms with E-state index in [9.17, 15) is 9.50 Å². The van der Waals surface area contributed by atoms with Crippen molar-refractivity contribution in [3.63, 3.8) is 0 Å². The third-order valence-electron chi connectivity index (χ3n) is 4.09. The van der Waals surface area contributed by atoms with Crippen molar-refractivity contribution in [1.29, 1.82) is 0 Å². The number of aliphatic hydroxyl groups is 1. The van der Waals surface area contributed by atoms with E-state index >= 15 is 0 Å². The number of halogens is 1. The van der Waals surface area contributed by atoms with Gasteiger partial charge in [0.25, 0.3) is 0 Å². The standard InChI is InChI=1S/C18H16FN5OS/c19-14-7-5-13(6-8-14)18(25,9-24-12-20-11-21-24)10-26-17-22-15-3-1-2-4-16(15)23-17/h1-8,11-12,25H,9-10H2,(H,22,23). The molecule has 1 unspecified atom stereocenters. The maximum absolute atomic E-state index is 13.3. The number of hydrogen-bond donors (Lipinski definition) is 2. The van der Waals surface area contributed by atoms with Crippen LogP contribution in [0.3, 0.4) is 0 Å². The van der Waals surface area contributed by atoms with E-state index in [-0.39, 0.29) is 12.4 Å². The Bertz CT molecular complexity index is 969. The minimum Gasteiger partial charge on any atom is -0.382 e. The van der Waals surface area contributed by atoms with E-state index in [2.05, 4.69) is 20.1 Å². The zero-order valence-electron chi connectivity index (χ0n) is 13.7. The third-order valence-corrected chi connectivity index (χ3v) is 5.18. The van der Waals surface area contributed by atoms with Crippen LogP contribution in [0.5, 0.6) is 0 Å². The highest BCUT2D eigenvalue weighted by Gasteiger charge is 2.31. The molecule has 0 saturated heterocycles. The molecule has 0 saturated carbocycles. The smallest absolute Gasteiger partial charge is 0.166 e. The van der Waals surface area contributed by atoms with Crippen LogP contribution in [-0.2, 0) is 12.1 Å². The molecule has 1 atom stereocenters. The number of benzene rings is 2. The van der Waals surface area contributed by atoms with E-state index in [1.807, 2.05) is 24.3 Å². The first kappa shape index (κ1) is 16.7. The fourth-order valence-electron chi connectivity index (χ4n) is 2.75. The molecule has 2 aromatic carbocycles. The number of para-hydroxylation sites is 2. The summed E-state index contributed by atoms with van der Waals surface area (Å²) >= 11 is 1.40. The van der Waals surface area contributed by atoms with Gasteiger partial charge in [-0.25, -0.2) is 19.0 Å². The molecule has 2 N–H and O–H groups in total. The maximum Gasteiger partial charge on any atom is 0.166 e. The lowest BCUT2D eigenvalue weighted by Crippen LogP contribution is -2.34. The molecule has 132 valence electrons. The zero-order chi connectivity index (χ0) is 18.0. The average Bonchev–Trinajstić information content (AvgIpc) is 3.29. The van der Waals surface area contributed by atoms with Gasteiger partial charge in [-0.05, 0) is 29.8 Å². The van der Waals surface area contributed by atoms with Crippen LogP contribution in [0, 0.1) is 5.82 Å². The van der Waals surface area contributed by atoms with Crippen molar-refractivity contribution < 1.29 is 9.50 Å². The second-order valence-electron chi connectivity index (χ2n) is 5.98. The van der Waals surface area contributed by atoms with Crippen molar-refractivity contribution in [3.8, 4) is 0 Å². The Morgan fingerprint density at radius 1 is 1.15 bits per heavy atom. The summed E-state index contributed by atoms with van der Waals surface area (Å²) in [6.45, 7) is 0.200. The van der Waals surface area contributed by atoms with Gasteiger partial charge < -0.3 is 10.1 Å². The summed E-state index contributed by atoms with van der Waals surface area (Å²) in [5.74, 6) is -0.0278. The highest BCUT2D eigenvalue weighted by molar-refractivity contribution is 7.99. The van der Waals surface area contributed by atoms with Crippen LogP contribution >= 0.6 is 11.8 Å². The van der Waals surface area contributed by atoms with Gasteiger partial charge >= 0.3 is 0 Å². The quantitative estimate of drug-likeness (QED) is 0.511. The van der Waals surface area contributed by atoms with Gasteiger partial charge in [0, 0.05) is 5.75 Å². The molecule has 0 aliphatic carbocycles. The molecule has 2 heterocycles. The summed E-state index contributed by atoms with van der Waals surface area (Å²) in [6.07, 6.45) is 2.96. The predicted molar refractivity (Wildman–Crippen MR) is 97.1 cm³/mol. The summed E-state index contributed by atoms with van der Waals surface area (Å²) in [5, 5.41) is 16.1. The summed E-state index contributed by atoms with van der Waals surface area (Å²) in [6, 6.07) is 13.6. The van der Waals surface area contributed by atoms with Crippen molar-refractivity contribution in [2.75, 3.05) is 5.75 Å². The molecule has 2 aromatic heterocycles. The first-order valence-electron chi connectivity index (χ1n) is 8.01. The Labute approximate surface area is 153 Å². The van der Waals surface area contributed by atoms with E-state index in [1.54, 1.807) is 23.1 Å². The number of hydrogen-bond acceptors (Lipinski definition) is 5. The zero-order valence-corrected chi connectivity index (χ0v) is 14.5. The number of imidazole rings is 1. The lowest BCUT2D eigenvalue weighted by molar-refractivity contribution is 0.0395. The van der Waals surface area contributed by atoms with Crippen LogP contribution < -0.4 is 0 Å². The first-order valence-corrected chi connectivity index (χ1v) is 8.99. The average molecular weight is 369 g/mol. The largest absolute Gasteiger partial charge is 0.382 e. The Kier molecular flexibility index (Phi) is 4.44. The molecule has 0 bridgehead atoms. The summed E-state index contributed by atoms with van der Waals surface area (Å²) in [4.78, 5) is 11.7. The molecule has 4 aromatic rings. The number of nitrogens with one attached hydrogen (secondary N) is 1. The summed E-state index contributed by atoms with van der Waals surface area (Å²) in [7, 11) is 0. The molecule has 0 aliphatic heterocycles. The first-order chi connectivity index (χ1) is 12.6. The van der Waals surface area contributed by atoms with Crippen LogP contribution in [-0.4, -0.2) is 35.6 Å². The van der Waals surface area contributed by atoms with E-state index in [0.717, 1.165) is 11.0 Å². The fourth-order valence-corrected chi connectivity index (χ4v) is 3.73. The Balaban J connectivity index is 1.60. The normalized spacial score (nSPS) is 13.8. The van der Waals surface area contributed by atoms with E-state index < -0.39 is 5.60 Å². The van der Waals surface area contributed by atoms with Crippen LogP contribution in [0.1, 0.15) is 5.56 Å². The van der Waals surface area contributed by atoms with Gasteiger partial charge in [0.2, 0.25) is 0 Å². The van der Waals surface area contributed by atoms with E-state index in [0.29, 0.717) is 16.5 Å². The molecular formula is C18H16FN5OS. The van der Waals surface area contributed by atoms with Gasteiger partial charge in [-0.1, -0.05) is 36.0 Å². The van der Waals surface area contributed by atoms with Crippen molar-refractivity contribution in [3.05, 3.63) is 72.6 Å². The number of aromatic nitrogens is 5. The Morgan fingerprint density at radius 3 is 2.69 bits per heavy atom. The predicted octanol–water partition coefficient (Wildman–Crippen LogP) is 2.97. The van der Waals surface area contributed by atoms with Crippen LogP contribution in [0.25, 0.3) is 11.0 Å². The molecule has 4 rings (SSSR count). The number of aromatic amines is 1. The number of rotatable bonds is 6. The Hall–Kier alpha value is -2.71. The lowest BCUT2D eigenvalue weighted by Gasteiger charge is -2.28.